The Hall–Kier alpha value is -2.98. The van der Waals surface area contributed by atoms with Crippen molar-refractivity contribution in [1.82, 2.24) is 14.5 Å². The zero-order valence-electron chi connectivity index (χ0n) is 21.0. The highest BCUT2D eigenvalue weighted by Gasteiger charge is 2.33. The van der Waals surface area contributed by atoms with Gasteiger partial charge in [0.05, 0.1) is 5.69 Å². The molecule has 0 aliphatic rings. The molecular formula is C25H35FN4O4S. The number of aryl methyl sites for hydroxylation is 1. The minimum Gasteiger partial charge on any atom is -0.354 e. The number of hydrogen-bond acceptors (Lipinski definition) is 4. The van der Waals surface area contributed by atoms with Gasteiger partial charge in [-0.1, -0.05) is 55.3 Å². The van der Waals surface area contributed by atoms with Gasteiger partial charge in [0.1, 0.15) is 18.4 Å². The fraction of sp³-hybridized carbons (Fsp3) is 0.440. The maximum Gasteiger partial charge on any atom is 0.304 e. The Kier molecular flexibility index (Phi) is 10.2. The molecule has 192 valence electrons. The van der Waals surface area contributed by atoms with E-state index in [1.807, 2.05) is 38.1 Å². The zero-order valence-corrected chi connectivity index (χ0v) is 21.8. The third kappa shape index (κ3) is 7.50. The third-order valence-corrected chi connectivity index (χ3v) is 7.42. The lowest BCUT2D eigenvalue weighted by molar-refractivity contribution is -0.139. The standard InChI is InChI=1S/C25H35FN4O4S/c1-6-7-16-27-25(32)20(3)29(17-21-14-12-19(2)13-15-21)24(31)18-30(35(33,34)28(4)5)23-11-9-8-10-22(23)26/h8-15,20H,6-7,16-18H2,1-5H3,(H,27,32)/t20-/m1/s1. The molecule has 0 unspecified atom stereocenters. The van der Waals surface area contributed by atoms with Gasteiger partial charge in [-0.2, -0.15) is 12.7 Å². The van der Waals surface area contributed by atoms with E-state index in [0.29, 0.717) is 6.54 Å². The summed E-state index contributed by atoms with van der Waals surface area (Å²) >= 11 is 0. The number of nitrogens with zero attached hydrogens (tertiary/aromatic N) is 3. The molecule has 2 amide bonds. The Morgan fingerprint density at radius 2 is 1.69 bits per heavy atom. The molecule has 2 aromatic carbocycles. The van der Waals surface area contributed by atoms with Crippen LogP contribution >= 0.6 is 0 Å². The highest BCUT2D eigenvalue weighted by molar-refractivity contribution is 7.90. The van der Waals surface area contributed by atoms with Gasteiger partial charge in [0.25, 0.3) is 0 Å². The van der Waals surface area contributed by atoms with E-state index in [0.717, 1.165) is 38.6 Å². The molecule has 0 radical (unpaired) electrons. The minimum absolute atomic E-state index is 0.0919. The van der Waals surface area contributed by atoms with Crippen molar-refractivity contribution in [2.45, 2.75) is 46.2 Å². The number of carbonyl (C=O) groups is 2. The van der Waals surface area contributed by atoms with E-state index in [1.165, 1.54) is 37.2 Å². The van der Waals surface area contributed by atoms with Crippen molar-refractivity contribution >= 4 is 27.7 Å². The third-order valence-electron chi connectivity index (χ3n) is 5.61. The smallest absolute Gasteiger partial charge is 0.304 e. The molecule has 8 nitrogen and oxygen atoms in total. The van der Waals surface area contributed by atoms with Crippen molar-refractivity contribution in [3.05, 3.63) is 65.5 Å². The maximum atomic E-state index is 14.6. The van der Waals surface area contributed by atoms with Crippen molar-refractivity contribution in [2.24, 2.45) is 0 Å². The molecule has 2 rings (SSSR count). The van der Waals surface area contributed by atoms with Crippen molar-refractivity contribution in [3.63, 3.8) is 0 Å². The second-order valence-electron chi connectivity index (χ2n) is 8.58. The number of para-hydroxylation sites is 1. The number of rotatable bonds is 12. The molecule has 10 heteroatoms. The number of benzene rings is 2. The average molecular weight is 507 g/mol. The van der Waals surface area contributed by atoms with Crippen LogP contribution < -0.4 is 9.62 Å². The molecule has 0 spiro atoms. The topological polar surface area (TPSA) is 90.0 Å². The van der Waals surface area contributed by atoms with Gasteiger partial charge in [-0.05, 0) is 38.0 Å². The lowest BCUT2D eigenvalue weighted by Crippen LogP contribution is -2.52. The number of unbranched alkanes of at least 4 members (excludes halogenated alkanes) is 1. The van der Waals surface area contributed by atoms with Crippen molar-refractivity contribution < 1.29 is 22.4 Å². The zero-order chi connectivity index (χ0) is 26.2. The first-order valence-electron chi connectivity index (χ1n) is 11.6. The van der Waals surface area contributed by atoms with Crippen LogP contribution in [0.1, 0.15) is 37.8 Å². The number of amides is 2. The highest BCUT2D eigenvalue weighted by Crippen LogP contribution is 2.24. The van der Waals surface area contributed by atoms with Gasteiger partial charge in [0.15, 0.2) is 0 Å². The van der Waals surface area contributed by atoms with Crippen LogP contribution in [0.3, 0.4) is 0 Å². The van der Waals surface area contributed by atoms with Crippen LogP contribution in [0.15, 0.2) is 48.5 Å². The van der Waals surface area contributed by atoms with E-state index in [1.54, 1.807) is 6.92 Å². The molecular weight excluding hydrogens is 471 g/mol. The molecule has 0 heterocycles. The van der Waals surface area contributed by atoms with E-state index < -0.39 is 34.5 Å². The summed E-state index contributed by atoms with van der Waals surface area (Å²) in [6.07, 6.45) is 1.70. The second kappa shape index (κ2) is 12.6. The summed E-state index contributed by atoms with van der Waals surface area (Å²) in [7, 11) is -1.59. The largest absolute Gasteiger partial charge is 0.354 e. The van der Waals surface area contributed by atoms with Gasteiger partial charge >= 0.3 is 10.2 Å². The van der Waals surface area contributed by atoms with Crippen LogP contribution in [0.25, 0.3) is 0 Å². The molecule has 1 atom stereocenters. The summed E-state index contributed by atoms with van der Waals surface area (Å²) in [5, 5.41) is 2.82. The summed E-state index contributed by atoms with van der Waals surface area (Å²) in [6.45, 7) is 5.44. The van der Waals surface area contributed by atoms with Gasteiger partial charge < -0.3 is 10.2 Å². The average Bonchev–Trinajstić information content (AvgIpc) is 2.82. The van der Waals surface area contributed by atoms with E-state index in [-0.39, 0.29) is 18.1 Å². The van der Waals surface area contributed by atoms with E-state index in [2.05, 4.69) is 5.32 Å². The SMILES string of the molecule is CCCCNC(=O)[C@@H](C)N(Cc1ccc(C)cc1)C(=O)CN(c1ccccc1F)S(=O)(=O)N(C)C. The molecule has 0 bridgehead atoms. The number of hydrogen-bond donors (Lipinski definition) is 1. The van der Waals surface area contributed by atoms with Crippen LogP contribution in [0.2, 0.25) is 0 Å². The highest BCUT2D eigenvalue weighted by atomic mass is 32.2. The molecule has 0 fully saturated rings. The monoisotopic (exact) mass is 506 g/mol. The Balaban J connectivity index is 2.42. The summed E-state index contributed by atoms with van der Waals surface area (Å²) in [5.74, 6) is -1.75. The molecule has 0 saturated heterocycles. The molecule has 0 aromatic heterocycles. The quantitative estimate of drug-likeness (QED) is 0.448. The van der Waals surface area contributed by atoms with E-state index in [4.69, 9.17) is 0 Å². The maximum absolute atomic E-state index is 14.6. The number of carbonyl (C=O) groups excluding carboxylic acids is 2. The summed E-state index contributed by atoms with van der Waals surface area (Å²) < 4.78 is 42.4. The number of anilines is 1. The van der Waals surface area contributed by atoms with Gasteiger partial charge in [-0.15, -0.1) is 0 Å². The van der Waals surface area contributed by atoms with Gasteiger partial charge in [-0.3, -0.25) is 9.59 Å². The van der Waals surface area contributed by atoms with Crippen LogP contribution in [0, 0.1) is 12.7 Å². The Morgan fingerprint density at radius 1 is 1.06 bits per heavy atom. The van der Waals surface area contributed by atoms with Gasteiger partial charge in [0.2, 0.25) is 11.8 Å². The Morgan fingerprint density at radius 3 is 2.26 bits per heavy atom. The number of halogens is 1. The fourth-order valence-electron chi connectivity index (χ4n) is 3.36. The van der Waals surface area contributed by atoms with E-state index in [9.17, 15) is 22.4 Å². The lowest BCUT2D eigenvalue weighted by atomic mass is 10.1. The van der Waals surface area contributed by atoms with Gasteiger partial charge in [0, 0.05) is 27.2 Å². The van der Waals surface area contributed by atoms with Crippen LogP contribution in [-0.4, -0.2) is 62.7 Å². The number of nitrogens with one attached hydrogen (secondary N) is 1. The lowest BCUT2D eigenvalue weighted by Gasteiger charge is -2.33. The molecule has 2 aromatic rings. The summed E-state index contributed by atoms with van der Waals surface area (Å²) in [6, 6.07) is 12.0. The van der Waals surface area contributed by atoms with Gasteiger partial charge in [-0.25, -0.2) is 8.70 Å². The molecule has 0 saturated carbocycles. The molecule has 0 aliphatic carbocycles. The first-order chi connectivity index (χ1) is 16.5. The summed E-state index contributed by atoms with van der Waals surface area (Å²) in [4.78, 5) is 27.7. The molecule has 35 heavy (non-hydrogen) atoms. The predicted molar refractivity (Wildman–Crippen MR) is 135 cm³/mol. The van der Waals surface area contributed by atoms with Crippen molar-refractivity contribution in [1.29, 1.82) is 0 Å². The Bertz CT molecular complexity index is 1110. The van der Waals surface area contributed by atoms with E-state index >= 15 is 0 Å². The van der Waals surface area contributed by atoms with Crippen LogP contribution in [0.4, 0.5) is 10.1 Å². The Labute approximate surface area is 207 Å². The predicted octanol–water partition coefficient (Wildman–Crippen LogP) is 3.08. The molecule has 0 aliphatic heterocycles. The van der Waals surface area contributed by atoms with Crippen LogP contribution in [0.5, 0.6) is 0 Å². The normalized spacial score (nSPS) is 12.3. The first kappa shape index (κ1) is 28.3. The fourth-order valence-corrected chi connectivity index (χ4v) is 4.43. The summed E-state index contributed by atoms with van der Waals surface area (Å²) in [5.41, 5.74) is 1.58. The molecule has 1 N–H and O–H groups in total. The van der Waals surface area contributed by atoms with Crippen molar-refractivity contribution in [3.8, 4) is 0 Å². The van der Waals surface area contributed by atoms with Crippen LogP contribution in [-0.2, 0) is 26.3 Å². The minimum atomic E-state index is -4.21. The first-order valence-corrected chi connectivity index (χ1v) is 13.0. The van der Waals surface area contributed by atoms with Crippen molar-refractivity contribution in [2.75, 3.05) is 31.5 Å². The second-order valence-corrected chi connectivity index (χ2v) is 10.6.